The molecule has 1 amide bonds. The van der Waals surface area contributed by atoms with Crippen molar-refractivity contribution in [2.24, 2.45) is 0 Å². The third-order valence-electron chi connectivity index (χ3n) is 6.47. The number of fused-ring (bicyclic) bond motifs is 2. The van der Waals surface area contributed by atoms with Gasteiger partial charge in [-0.25, -0.2) is 13.4 Å². The number of benzene rings is 1. The first-order chi connectivity index (χ1) is 15.0. The molecule has 6 nitrogen and oxygen atoms in total. The number of carbonyl (C=O) groups excluding carboxylic acids is 1. The maximum Gasteiger partial charge on any atom is 0.226 e. The maximum atomic E-state index is 12.7. The van der Waals surface area contributed by atoms with E-state index in [-0.39, 0.29) is 23.3 Å². The van der Waals surface area contributed by atoms with Crippen molar-refractivity contribution in [3.05, 3.63) is 34.7 Å². The Balaban J connectivity index is 1.40. The minimum Gasteiger partial charge on any atom is -0.338 e. The molecule has 0 saturated heterocycles. The summed E-state index contributed by atoms with van der Waals surface area (Å²) >= 11 is 1.61. The van der Waals surface area contributed by atoms with Crippen LogP contribution in [0.15, 0.2) is 24.3 Å². The SMILES string of the molecule is O=C(CCS(=O)(=O)C1CCCC1)Nc1sc2c(c1-c1nc3ccccc3[nH]1)CCCC2. The molecule has 0 radical (unpaired) electrons. The molecule has 0 aliphatic heterocycles. The van der Waals surface area contributed by atoms with Crippen LogP contribution < -0.4 is 5.32 Å². The van der Waals surface area contributed by atoms with Crippen LogP contribution in [-0.2, 0) is 27.5 Å². The van der Waals surface area contributed by atoms with E-state index < -0.39 is 9.84 Å². The van der Waals surface area contributed by atoms with Crippen LogP contribution in [0.3, 0.4) is 0 Å². The van der Waals surface area contributed by atoms with E-state index in [4.69, 9.17) is 4.98 Å². The minimum absolute atomic E-state index is 0.000963. The zero-order chi connectivity index (χ0) is 21.4. The Hall–Kier alpha value is -2.19. The summed E-state index contributed by atoms with van der Waals surface area (Å²) in [4.78, 5) is 22.2. The van der Waals surface area contributed by atoms with Crippen molar-refractivity contribution in [2.45, 2.75) is 63.0 Å². The number of aromatic amines is 1. The molecular weight excluding hydrogens is 430 g/mol. The van der Waals surface area contributed by atoms with Crippen LogP contribution in [0.25, 0.3) is 22.4 Å². The van der Waals surface area contributed by atoms with Gasteiger partial charge in [0.2, 0.25) is 5.91 Å². The molecule has 164 valence electrons. The first-order valence-corrected chi connectivity index (χ1v) is 13.7. The Morgan fingerprint density at radius 3 is 2.71 bits per heavy atom. The summed E-state index contributed by atoms with van der Waals surface area (Å²) in [5.41, 5.74) is 4.11. The number of carbonyl (C=O) groups is 1. The number of thiophene rings is 1. The average molecular weight is 458 g/mol. The van der Waals surface area contributed by atoms with Gasteiger partial charge in [-0.2, -0.15) is 0 Å². The second-order valence-corrected chi connectivity index (χ2v) is 12.1. The molecule has 0 spiro atoms. The molecule has 2 aromatic heterocycles. The summed E-state index contributed by atoms with van der Waals surface area (Å²) in [5, 5.41) is 3.55. The van der Waals surface area contributed by atoms with Crippen molar-refractivity contribution < 1.29 is 13.2 Å². The lowest BCUT2D eigenvalue weighted by Crippen LogP contribution is -2.24. The van der Waals surface area contributed by atoms with Crippen LogP contribution in [0.4, 0.5) is 5.00 Å². The van der Waals surface area contributed by atoms with Crippen molar-refractivity contribution in [3.8, 4) is 11.4 Å². The molecule has 0 unspecified atom stereocenters. The number of anilines is 1. The summed E-state index contributed by atoms with van der Waals surface area (Å²) in [6.07, 6.45) is 7.68. The topological polar surface area (TPSA) is 91.9 Å². The highest BCUT2D eigenvalue weighted by Gasteiger charge is 2.30. The standard InChI is InChI=1S/C23H27N3O3S2/c27-20(13-14-31(28,29)15-7-1-2-8-15)26-23-21(16-9-3-6-12-19(16)30-23)22-24-17-10-4-5-11-18(17)25-22/h4-5,10-11,15H,1-3,6-9,12-14H2,(H,24,25)(H,26,27). The van der Waals surface area contributed by atoms with Gasteiger partial charge in [-0.1, -0.05) is 25.0 Å². The Morgan fingerprint density at radius 1 is 1.13 bits per heavy atom. The van der Waals surface area contributed by atoms with E-state index in [9.17, 15) is 13.2 Å². The fourth-order valence-electron chi connectivity index (χ4n) is 4.81. The quantitative estimate of drug-likeness (QED) is 0.553. The Bertz CT molecular complexity index is 1190. The molecule has 0 bridgehead atoms. The molecule has 2 aliphatic rings. The second-order valence-electron chi connectivity index (χ2n) is 8.59. The van der Waals surface area contributed by atoms with E-state index in [2.05, 4.69) is 10.3 Å². The normalized spacial score (nSPS) is 17.2. The monoisotopic (exact) mass is 457 g/mol. The first-order valence-electron chi connectivity index (χ1n) is 11.1. The summed E-state index contributed by atoms with van der Waals surface area (Å²) in [6, 6.07) is 7.90. The summed E-state index contributed by atoms with van der Waals surface area (Å²) in [5.74, 6) is 0.459. The zero-order valence-corrected chi connectivity index (χ0v) is 19.1. The highest BCUT2D eigenvalue weighted by molar-refractivity contribution is 7.92. The number of aryl methyl sites for hydroxylation is 1. The fourth-order valence-corrected chi connectivity index (χ4v) is 7.98. The van der Waals surface area contributed by atoms with Crippen molar-refractivity contribution in [3.63, 3.8) is 0 Å². The van der Waals surface area contributed by atoms with Crippen molar-refractivity contribution in [1.29, 1.82) is 0 Å². The van der Waals surface area contributed by atoms with Crippen LogP contribution in [-0.4, -0.2) is 35.3 Å². The van der Waals surface area contributed by atoms with Gasteiger partial charge in [0.25, 0.3) is 0 Å². The van der Waals surface area contributed by atoms with Crippen LogP contribution >= 0.6 is 11.3 Å². The van der Waals surface area contributed by atoms with Crippen molar-refractivity contribution in [2.75, 3.05) is 11.1 Å². The van der Waals surface area contributed by atoms with Gasteiger partial charge in [0.15, 0.2) is 9.84 Å². The van der Waals surface area contributed by atoms with Gasteiger partial charge in [0, 0.05) is 11.3 Å². The smallest absolute Gasteiger partial charge is 0.226 e. The third-order valence-corrected chi connectivity index (χ3v) is 9.94. The molecular formula is C23H27N3O3S2. The number of rotatable bonds is 6. The fraction of sp³-hybridized carbons (Fsp3) is 0.478. The predicted octanol–water partition coefficient (Wildman–Crippen LogP) is 4.86. The summed E-state index contributed by atoms with van der Waals surface area (Å²) < 4.78 is 25.1. The molecule has 2 heterocycles. The summed E-state index contributed by atoms with van der Waals surface area (Å²) in [7, 11) is -3.21. The number of imidazole rings is 1. The van der Waals surface area contributed by atoms with Gasteiger partial charge in [-0.15, -0.1) is 11.3 Å². The number of hydrogen-bond donors (Lipinski definition) is 2. The van der Waals surface area contributed by atoms with E-state index in [1.165, 1.54) is 10.4 Å². The lowest BCUT2D eigenvalue weighted by Gasteiger charge is -2.12. The van der Waals surface area contributed by atoms with E-state index in [0.717, 1.165) is 78.8 Å². The van der Waals surface area contributed by atoms with Crippen LogP contribution in [0.2, 0.25) is 0 Å². The highest BCUT2D eigenvalue weighted by Crippen LogP contribution is 2.43. The first kappa shape index (κ1) is 20.7. The Kier molecular flexibility index (Phi) is 5.60. The molecule has 2 aliphatic carbocycles. The Morgan fingerprint density at radius 2 is 1.90 bits per heavy atom. The highest BCUT2D eigenvalue weighted by atomic mass is 32.2. The molecule has 31 heavy (non-hydrogen) atoms. The molecule has 1 saturated carbocycles. The number of H-pyrrole nitrogens is 1. The number of para-hydroxylation sites is 2. The second kappa shape index (κ2) is 8.39. The van der Waals surface area contributed by atoms with Gasteiger partial charge in [0.1, 0.15) is 10.8 Å². The van der Waals surface area contributed by atoms with E-state index in [1.54, 1.807) is 11.3 Å². The zero-order valence-electron chi connectivity index (χ0n) is 17.4. The van der Waals surface area contributed by atoms with Crippen molar-refractivity contribution >= 4 is 43.1 Å². The largest absolute Gasteiger partial charge is 0.338 e. The number of nitrogens with zero attached hydrogens (tertiary/aromatic N) is 1. The molecule has 1 aromatic carbocycles. The summed E-state index contributed by atoms with van der Waals surface area (Å²) in [6.45, 7) is 0. The molecule has 8 heteroatoms. The van der Waals surface area contributed by atoms with Crippen LogP contribution in [0.5, 0.6) is 0 Å². The average Bonchev–Trinajstić information content (AvgIpc) is 3.49. The maximum absolute atomic E-state index is 12.7. The van der Waals surface area contributed by atoms with E-state index in [0.29, 0.717) is 0 Å². The number of nitrogens with one attached hydrogen (secondary N) is 2. The molecule has 0 atom stereocenters. The lowest BCUT2D eigenvalue weighted by atomic mass is 9.95. The van der Waals surface area contributed by atoms with Gasteiger partial charge in [-0.3, -0.25) is 4.79 Å². The minimum atomic E-state index is -3.21. The predicted molar refractivity (Wildman–Crippen MR) is 125 cm³/mol. The molecule has 5 rings (SSSR count). The van der Waals surface area contributed by atoms with Gasteiger partial charge in [-0.05, 0) is 56.2 Å². The van der Waals surface area contributed by atoms with Gasteiger partial charge in [0.05, 0.1) is 27.6 Å². The van der Waals surface area contributed by atoms with Gasteiger partial charge < -0.3 is 10.3 Å². The van der Waals surface area contributed by atoms with Gasteiger partial charge >= 0.3 is 0 Å². The van der Waals surface area contributed by atoms with Crippen LogP contribution in [0, 0.1) is 0 Å². The van der Waals surface area contributed by atoms with E-state index >= 15 is 0 Å². The number of aromatic nitrogens is 2. The lowest BCUT2D eigenvalue weighted by molar-refractivity contribution is -0.115. The third kappa shape index (κ3) is 4.15. The van der Waals surface area contributed by atoms with E-state index in [1.807, 2.05) is 24.3 Å². The molecule has 2 N–H and O–H groups in total. The molecule has 3 aromatic rings. The molecule has 1 fully saturated rings. The van der Waals surface area contributed by atoms with Crippen molar-refractivity contribution in [1.82, 2.24) is 9.97 Å². The number of hydrogen-bond acceptors (Lipinski definition) is 5. The number of sulfone groups is 1. The van der Waals surface area contributed by atoms with Crippen LogP contribution in [0.1, 0.15) is 55.4 Å². The number of amides is 1. The Labute approximate surface area is 186 Å².